The Kier molecular flexibility index (Phi) is 4.89. The van der Waals surface area contributed by atoms with E-state index in [4.69, 9.17) is 21.1 Å². The van der Waals surface area contributed by atoms with E-state index >= 15 is 0 Å². The van der Waals surface area contributed by atoms with Gasteiger partial charge < -0.3 is 19.7 Å². The normalized spacial score (nSPS) is 19.1. The zero-order valence-corrected chi connectivity index (χ0v) is 15.2. The zero-order valence-electron chi connectivity index (χ0n) is 14.4. The summed E-state index contributed by atoms with van der Waals surface area (Å²) in [6, 6.07) is 13.1. The SMILES string of the molecule is O=C(Nc1ccc(Cl)cc1)N1CCCC1c1ccc2c(c1)OCCCO2. The second kappa shape index (κ2) is 7.46. The number of benzene rings is 2. The van der Waals surface area contributed by atoms with Gasteiger partial charge in [0.05, 0.1) is 19.3 Å². The summed E-state index contributed by atoms with van der Waals surface area (Å²) in [7, 11) is 0. The molecule has 1 saturated heterocycles. The largest absolute Gasteiger partial charge is 0.490 e. The zero-order chi connectivity index (χ0) is 17.9. The van der Waals surface area contributed by atoms with Crippen molar-refractivity contribution < 1.29 is 14.3 Å². The number of fused-ring (bicyclic) bond motifs is 1. The van der Waals surface area contributed by atoms with Gasteiger partial charge in [0, 0.05) is 23.7 Å². The highest BCUT2D eigenvalue weighted by molar-refractivity contribution is 6.30. The predicted molar refractivity (Wildman–Crippen MR) is 101 cm³/mol. The number of amides is 2. The Bertz CT molecular complexity index is 794. The Morgan fingerprint density at radius 2 is 1.81 bits per heavy atom. The lowest BCUT2D eigenvalue weighted by Gasteiger charge is -2.26. The van der Waals surface area contributed by atoms with Crippen LogP contribution in [-0.2, 0) is 0 Å². The van der Waals surface area contributed by atoms with Crippen LogP contribution in [0.25, 0.3) is 0 Å². The molecule has 4 rings (SSSR count). The lowest BCUT2D eigenvalue weighted by molar-refractivity contribution is 0.207. The van der Waals surface area contributed by atoms with Crippen molar-refractivity contribution in [3.63, 3.8) is 0 Å². The average Bonchev–Trinajstić information content (AvgIpc) is 3.02. The number of hydrogen-bond donors (Lipinski definition) is 1. The molecule has 2 heterocycles. The van der Waals surface area contributed by atoms with Crippen LogP contribution in [0.15, 0.2) is 42.5 Å². The first kappa shape index (κ1) is 17.0. The lowest BCUT2D eigenvalue weighted by Crippen LogP contribution is -2.34. The molecule has 0 bridgehead atoms. The maximum Gasteiger partial charge on any atom is 0.322 e. The highest BCUT2D eigenvalue weighted by Crippen LogP contribution is 2.38. The smallest absolute Gasteiger partial charge is 0.322 e. The van der Waals surface area contributed by atoms with E-state index in [1.807, 2.05) is 23.1 Å². The van der Waals surface area contributed by atoms with E-state index in [2.05, 4.69) is 5.32 Å². The van der Waals surface area contributed by atoms with Crippen LogP contribution in [0.4, 0.5) is 10.5 Å². The molecule has 1 fully saturated rings. The minimum atomic E-state index is -0.0954. The summed E-state index contributed by atoms with van der Waals surface area (Å²) in [6.45, 7) is 2.06. The highest BCUT2D eigenvalue weighted by atomic mass is 35.5. The standard InChI is InChI=1S/C20H21ClN2O3/c21-15-5-7-16(8-6-15)22-20(24)23-10-1-3-17(23)14-4-9-18-19(13-14)26-12-2-11-25-18/h4-9,13,17H,1-3,10-12H2,(H,22,24). The molecule has 2 aliphatic heterocycles. The minimum absolute atomic E-state index is 0.0412. The Balaban J connectivity index is 1.52. The molecule has 2 aromatic carbocycles. The third-order valence-electron chi connectivity index (χ3n) is 4.77. The first-order valence-corrected chi connectivity index (χ1v) is 9.31. The molecule has 5 nitrogen and oxygen atoms in total. The molecule has 26 heavy (non-hydrogen) atoms. The molecule has 0 aliphatic carbocycles. The van der Waals surface area contributed by atoms with E-state index < -0.39 is 0 Å². The monoisotopic (exact) mass is 372 g/mol. The molecule has 0 spiro atoms. The topological polar surface area (TPSA) is 50.8 Å². The molecule has 2 amide bonds. The van der Waals surface area contributed by atoms with Crippen LogP contribution in [0.2, 0.25) is 5.02 Å². The van der Waals surface area contributed by atoms with Gasteiger partial charge in [-0.25, -0.2) is 4.79 Å². The average molecular weight is 373 g/mol. The molecule has 0 radical (unpaired) electrons. The number of carbonyl (C=O) groups excluding carboxylic acids is 1. The third kappa shape index (κ3) is 3.58. The summed E-state index contributed by atoms with van der Waals surface area (Å²) in [5.74, 6) is 1.55. The number of nitrogens with one attached hydrogen (secondary N) is 1. The molecule has 0 aromatic heterocycles. The fourth-order valence-corrected chi connectivity index (χ4v) is 3.60. The van der Waals surface area contributed by atoms with Gasteiger partial charge in [-0.15, -0.1) is 0 Å². The maximum absolute atomic E-state index is 12.8. The first-order valence-electron chi connectivity index (χ1n) is 8.93. The summed E-state index contributed by atoms with van der Waals surface area (Å²) in [4.78, 5) is 14.6. The van der Waals surface area contributed by atoms with Crippen LogP contribution in [-0.4, -0.2) is 30.7 Å². The first-order chi connectivity index (χ1) is 12.7. The van der Waals surface area contributed by atoms with Crippen LogP contribution in [0.3, 0.4) is 0 Å². The quantitative estimate of drug-likeness (QED) is 0.818. The fraction of sp³-hybridized carbons (Fsp3) is 0.350. The Hall–Kier alpha value is -2.40. The van der Waals surface area contributed by atoms with Gasteiger partial charge in [0.2, 0.25) is 0 Å². The maximum atomic E-state index is 12.8. The molecule has 2 aliphatic rings. The molecular formula is C20H21ClN2O3. The van der Waals surface area contributed by atoms with E-state index in [-0.39, 0.29) is 12.1 Å². The van der Waals surface area contributed by atoms with Gasteiger partial charge in [-0.1, -0.05) is 17.7 Å². The van der Waals surface area contributed by atoms with Crippen LogP contribution >= 0.6 is 11.6 Å². The summed E-state index contributed by atoms with van der Waals surface area (Å²) >= 11 is 5.90. The molecule has 2 aromatic rings. The number of anilines is 1. The number of likely N-dealkylation sites (tertiary alicyclic amines) is 1. The van der Waals surface area contributed by atoms with Crippen molar-refractivity contribution in [1.82, 2.24) is 4.90 Å². The number of ether oxygens (including phenoxy) is 2. The van der Waals surface area contributed by atoms with E-state index in [9.17, 15) is 4.79 Å². The van der Waals surface area contributed by atoms with Crippen molar-refractivity contribution >= 4 is 23.3 Å². The molecule has 1 unspecified atom stereocenters. The number of urea groups is 1. The Labute approximate surface area is 157 Å². The number of nitrogens with zero attached hydrogens (tertiary/aromatic N) is 1. The number of carbonyl (C=O) groups is 1. The van der Waals surface area contributed by atoms with Crippen molar-refractivity contribution in [2.75, 3.05) is 25.1 Å². The summed E-state index contributed by atoms with van der Waals surface area (Å²) < 4.78 is 11.5. The molecule has 6 heteroatoms. The van der Waals surface area contributed by atoms with Gasteiger partial charge in [0.25, 0.3) is 0 Å². The number of hydrogen-bond acceptors (Lipinski definition) is 3. The minimum Gasteiger partial charge on any atom is -0.490 e. The number of rotatable bonds is 2. The Morgan fingerprint density at radius 3 is 2.62 bits per heavy atom. The van der Waals surface area contributed by atoms with Crippen molar-refractivity contribution in [3.8, 4) is 11.5 Å². The van der Waals surface area contributed by atoms with Crippen molar-refractivity contribution in [1.29, 1.82) is 0 Å². The summed E-state index contributed by atoms with van der Waals surface area (Å²) in [5, 5.41) is 3.60. The van der Waals surface area contributed by atoms with Gasteiger partial charge in [0.15, 0.2) is 11.5 Å². The van der Waals surface area contributed by atoms with Crippen LogP contribution in [0.5, 0.6) is 11.5 Å². The van der Waals surface area contributed by atoms with Gasteiger partial charge in [0.1, 0.15) is 0 Å². The summed E-state index contributed by atoms with van der Waals surface area (Å²) in [5.41, 5.74) is 1.82. The van der Waals surface area contributed by atoms with Crippen LogP contribution < -0.4 is 14.8 Å². The molecule has 1 N–H and O–H groups in total. The molecular weight excluding hydrogens is 352 g/mol. The summed E-state index contributed by atoms with van der Waals surface area (Å²) in [6.07, 6.45) is 2.80. The lowest BCUT2D eigenvalue weighted by atomic mass is 10.0. The van der Waals surface area contributed by atoms with E-state index in [0.717, 1.165) is 48.6 Å². The van der Waals surface area contributed by atoms with Crippen molar-refractivity contribution in [2.24, 2.45) is 0 Å². The van der Waals surface area contributed by atoms with E-state index in [0.29, 0.717) is 18.2 Å². The van der Waals surface area contributed by atoms with Gasteiger partial charge in [-0.05, 0) is 54.8 Å². The second-order valence-corrected chi connectivity index (χ2v) is 6.98. The van der Waals surface area contributed by atoms with E-state index in [1.165, 1.54) is 0 Å². The third-order valence-corrected chi connectivity index (χ3v) is 5.02. The predicted octanol–water partition coefficient (Wildman–Crippen LogP) is 4.87. The fourth-order valence-electron chi connectivity index (χ4n) is 3.47. The molecule has 0 saturated carbocycles. The van der Waals surface area contributed by atoms with Gasteiger partial charge in [-0.3, -0.25) is 0 Å². The number of halogens is 1. The van der Waals surface area contributed by atoms with Gasteiger partial charge >= 0.3 is 6.03 Å². The van der Waals surface area contributed by atoms with Gasteiger partial charge in [-0.2, -0.15) is 0 Å². The van der Waals surface area contributed by atoms with E-state index in [1.54, 1.807) is 24.3 Å². The highest BCUT2D eigenvalue weighted by Gasteiger charge is 2.30. The van der Waals surface area contributed by atoms with Crippen molar-refractivity contribution in [3.05, 3.63) is 53.1 Å². The van der Waals surface area contributed by atoms with Crippen LogP contribution in [0.1, 0.15) is 30.9 Å². The molecule has 1 atom stereocenters. The van der Waals surface area contributed by atoms with Crippen LogP contribution in [0, 0.1) is 0 Å². The second-order valence-electron chi connectivity index (χ2n) is 6.55. The Morgan fingerprint density at radius 1 is 1.04 bits per heavy atom. The molecule has 136 valence electrons. The van der Waals surface area contributed by atoms with Crippen molar-refractivity contribution in [2.45, 2.75) is 25.3 Å².